The van der Waals surface area contributed by atoms with Crippen LogP contribution < -0.4 is 0 Å². The Hall–Kier alpha value is -0.180. The van der Waals surface area contributed by atoms with E-state index in [1.54, 1.807) is 0 Å². The highest BCUT2D eigenvalue weighted by atomic mass is 79.9. The molecule has 1 aliphatic carbocycles. The molecule has 0 N–H and O–H groups in total. The number of hydrogen-bond donors (Lipinski definition) is 0. The molecule has 106 valence electrons. The van der Waals surface area contributed by atoms with Crippen LogP contribution in [0.4, 0.5) is 0 Å². The molecule has 8 heteroatoms. The molecule has 0 aromatic heterocycles. The number of rotatable bonds is 2. The van der Waals surface area contributed by atoms with Gasteiger partial charge in [0.15, 0.2) is 8.65 Å². The van der Waals surface area contributed by atoms with E-state index >= 15 is 0 Å². The van der Waals surface area contributed by atoms with Gasteiger partial charge in [-0.2, -0.15) is 0 Å². The first kappa shape index (κ1) is 13.8. The summed E-state index contributed by atoms with van der Waals surface area (Å²) in [6.07, 6.45) is 0. The number of halogens is 2. The quantitative estimate of drug-likeness (QED) is 0.384. The summed E-state index contributed by atoms with van der Waals surface area (Å²) in [6, 6.07) is 0. The Bertz CT molecular complexity index is 426. The molecule has 0 spiro atoms. The van der Waals surface area contributed by atoms with Crippen LogP contribution >= 0.6 is 31.9 Å². The molecule has 6 nitrogen and oxygen atoms in total. The average molecular weight is 400 g/mol. The van der Waals surface area contributed by atoms with Crippen LogP contribution in [0.15, 0.2) is 0 Å². The monoisotopic (exact) mass is 398 g/mol. The minimum atomic E-state index is -1.52. The van der Waals surface area contributed by atoms with Crippen molar-refractivity contribution in [3.05, 3.63) is 0 Å². The van der Waals surface area contributed by atoms with Crippen molar-refractivity contribution in [2.45, 2.75) is 14.4 Å². The van der Waals surface area contributed by atoms with E-state index in [-0.39, 0.29) is 25.0 Å². The molecule has 0 aromatic carbocycles. The van der Waals surface area contributed by atoms with E-state index in [1.807, 2.05) is 0 Å². The van der Waals surface area contributed by atoms with E-state index in [0.29, 0.717) is 0 Å². The summed E-state index contributed by atoms with van der Waals surface area (Å²) < 4.78 is 18.8. The van der Waals surface area contributed by atoms with Gasteiger partial charge in [0.05, 0.1) is 13.2 Å². The number of ether oxygens (including phenoxy) is 4. The number of methoxy groups -OCH3 is 2. The molecule has 0 unspecified atom stereocenters. The van der Waals surface area contributed by atoms with Gasteiger partial charge in [-0.1, -0.05) is 31.9 Å². The summed E-state index contributed by atoms with van der Waals surface area (Å²) in [4.78, 5) is 24.4. The molecule has 2 saturated heterocycles. The van der Waals surface area contributed by atoms with E-state index in [9.17, 15) is 9.59 Å². The first-order chi connectivity index (χ1) is 8.90. The first-order valence-electron chi connectivity index (χ1n) is 5.72. The number of hydrogen-bond acceptors (Lipinski definition) is 6. The topological polar surface area (TPSA) is 71.1 Å². The van der Waals surface area contributed by atoms with Gasteiger partial charge in [0, 0.05) is 26.1 Å². The maximum absolute atomic E-state index is 12.2. The summed E-state index contributed by atoms with van der Waals surface area (Å²) in [5, 5.41) is 0. The highest BCUT2D eigenvalue weighted by molar-refractivity contribution is 9.11. The van der Waals surface area contributed by atoms with Crippen molar-refractivity contribution in [1.29, 1.82) is 0 Å². The van der Waals surface area contributed by atoms with Crippen molar-refractivity contribution in [3.63, 3.8) is 0 Å². The zero-order valence-electron chi connectivity index (χ0n) is 10.3. The summed E-state index contributed by atoms with van der Waals surface area (Å²) in [6.45, 7) is 0.403. The van der Waals surface area contributed by atoms with Gasteiger partial charge in [0.2, 0.25) is 5.79 Å². The molecule has 3 aliphatic rings. The first-order valence-corrected chi connectivity index (χ1v) is 7.31. The average Bonchev–Trinajstić information content (AvgIpc) is 2.89. The Morgan fingerprint density at radius 2 is 1.37 bits per heavy atom. The van der Waals surface area contributed by atoms with Crippen LogP contribution in [0, 0.1) is 11.8 Å². The fraction of sp³-hybridized carbons (Fsp3) is 0.818. The molecule has 4 atom stereocenters. The van der Waals surface area contributed by atoms with Gasteiger partial charge in [-0.15, -0.1) is 0 Å². The van der Waals surface area contributed by atoms with Gasteiger partial charge in [-0.05, 0) is 0 Å². The molecular weight excluding hydrogens is 388 g/mol. The lowest BCUT2D eigenvalue weighted by atomic mass is 9.91. The van der Waals surface area contributed by atoms with E-state index < -0.39 is 26.4 Å². The van der Waals surface area contributed by atoms with Crippen molar-refractivity contribution in [2.75, 3.05) is 27.4 Å². The van der Waals surface area contributed by atoms with Crippen molar-refractivity contribution >= 4 is 43.8 Å². The standard InChI is InChI=1S/C11H12Br2O6/c1-16-11(17-2)9(12)5(3-18-7(9)14)6-4-19-8(15)10(6,11)13/h5-6H,3-4H2,1-2H3/t5-,6+,9-,10+. The fourth-order valence-corrected chi connectivity index (χ4v) is 6.23. The second kappa shape index (κ2) is 3.93. The molecule has 0 radical (unpaired) electrons. The van der Waals surface area contributed by atoms with Crippen LogP contribution in [0.1, 0.15) is 0 Å². The van der Waals surface area contributed by atoms with Crippen LogP contribution in [0.3, 0.4) is 0 Å². The van der Waals surface area contributed by atoms with E-state index in [0.717, 1.165) is 0 Å². The molecule has 2 heterocycles. The number of alkyl halides is 2. The van der Waals surface area contributed by atoms with Crippen LogP contribution in [-0.4, -0.2) is 53.8 Å². The number of esters is 2. The van der Waals surface area contributed by atoms with Crippen LogP contribution in [0.2, 0.25) is 0 Å². The Balaban J connectivity index is 2.26. The van der Waals surface area contributed by atoms with Gasteiger partial charge in [-0.25, -0.2) is 0 Å². The highest BCUT2D eigenvalue weighted by Gasteiger charge is 2.86. The van der Waals surface area contributed by atoms with Gasteiger partial charge < -0.3 is 18.9 Å². The Kier molecular flexibility index (Phi) is 2.85. The summed E-state index contributed by atoms with van der Waals surface area (Å²) in [7, 11) is 2.79. The van der Waals surface area contributed by atoms with Crippen molar-refractivity contribution in [2.24, 2.45) is 11.8 Å². The maximum Gasteiger partial charge on any atom is 0.329 e. The fourth-order valence-electron chi connectivity index (χ4n) is 3.56. The van der Waals surface area contributed by atoms with Gasteiger partial charge >= 0.3 is 11.9 Å². The SMILES string of the molecule is COC1(OC)[C@@]2(Br)C(=O)OC[C@H]2[C@H]2COC(=O)[C@]21Br. The summed E-state index contributed by atoms with van der Waals surface area (Å²) in [5.74, 6) is -3.03. The molecule has 3 fully saturated rings. The lowest BCUT2D eigenvalue weighted by molar-refractivity contribution is -0.231. The largest absolute Gasteiger partial charge is 0.464 e. The highest BCUT2D eigenvalue weighted by Crippen LogP contribution is 2.67. The summed E-state index contributed by atoms with van der Waals surface area (Å²) >= 11 is 6.88. The van der Waals surface area contributed by atoms with Crippen molar-refractivity contribution in [1.82, 2.24) is 0 Å². The van der Waals surface area contributed by atoms with Crippen molar-refractivity contribution in [3.8, 4) is 0 Å². The summed E-state index contributed by atoms with van der Waals surface area (Å²) in [5.41, 5.74) is 0. The Morgan fingerprint density at radius 1 is 1.00 bits per heavy atom. The van der Waals surface area contributed by atoms with E-state index in [2.05, 4.69) is 31.9 Å². The molecule has 2 aliphatic heterocycles. The zero-order chi connectivity index (χ0) is 14.1. The minimum Gasteiger partial charge on any atom is -0.464 e. The maximum atomic E-state index is 12.2. The third kappa shape index (κ3) is 1.17. The van der Waals surface area contributed by atoms with E-state index in [1.165, 1.54) is 14.2 Å². The number of carbonyl (C=O) groups excluding carboxylic acids is 2. The van der Waals surface area contributed by atoms with Gasteiger partial charge in [-0.3, -0.25) is 9.59 Å². The Labute approximate surface area is 126 Å². The Morgan fingerprint density at radius 3 is 1.68 bits per heavy atom. The lowest BCUT2D eigenvalue weighted by Crippen LogP contribution is -2.64. The van der Waals surface area contributed by atoms with Gasteiger partial charge in [0.1, 0.15) is 0 Å². The lowest BCUT2D eigenvalue weighted by Gasteiger charge is -2.42. The third-order valence-corrected chi connectivity index (χ3v) is 7.29. The molecule has 0 aromatic rings. The minimum absolute atomic E-state index is 0.202. The predicted octanol–water partition coefficient (Wildman–Crippen LogP) is 0.602. The van der Waals surface area contributed by atoms with Crippen molar-refractivity contribution < 1.29 is 28.5 Å². The molecular formula is C11H12Br2O6. The molecule has 3 rings (SSSR count). The van der Waals surface area contributed by atoms with Crippen LogP contribution in [0.5, 0.6) is 0 Å². The second-order valence-corrected chi connectivity index (χ2v) is 7.36. The molecule has 0 bridgehead atoms. The predicted molar refractivity (Wildman–Crippen MR) is 69.0 cm³/mol. The van der Waals surface area contributed by atoms with Crippen LogP contribution in [-0.2, 0) is 28.5 Å². The number of cyclic esters (lactones) is 2. The van der Waals surface area contributed by atoms with Crippen LogP contribution in [0.25, 0.3) is 0 Å². The number of carbonyl (C=O) groups is 2. The molecule has 1 saturated carbocycles. The smallest absolute Gasteiger partial charge is 0.329 e. The third-order valence-electron chi connectivity index (χ3n) is 4.42. The van der Waals surface area contributed by atoms with E-state index in [4.69, 9.17) is 18.9 Å². The number of fused-ring (bicyclic) bond motifs is 3. The molecule has 19 heavy (non-hydrogen) atoms. The van der Waals surface area contributed by atoms with Gasteiger partial charge in [0.25, 0.3) is 0 Å². The normalized spacial score (nSPS) is 46.7. The molecule has 0 amide bonds. The second-order valence-electron chi connectivity index (χ2n) is 4.86. The zero-order valence-corrected chi connectivity index (χ0v) is 13.4.